The van der Waals surface area contributed by atoms with Gasteiger partial charge in [0.05, 0.1) is 10.8 Å². The first-order chi connectivity index (χ1) is 9.52. The summed E-state index contributed by atoms with van der Waals surface area (Å²) in [5, 5.41) is 2.03. The highest BCUT2D eigenvalue weighted by atomic mass is 35.5. The van der Waals surface area contributed by atoms with Crippen molar-refractivity contribution in [1.82, 2.24) is 4.31 Å². The molecular weight excluding hydrogens is 334 g/mol. The second kappa shape index (κ2) is 5.42. The first-order valence-electron chi connectivity index (χ1n) is 6.23. The van der Waals surface area contributed by atoms with E-state index in [0.29, 0.717) is 23.9 Å². The largest absolute Gasteiger partial charge is 0.244 e. The third-order valence-electron chi connectivity index (χ3n) is 3.45. The summed E-state index contributed by atoms with van der Waals surface area (Å²) in [6, 6.07) is 3.73. The van der Waals surface area contributed by atoms with Gasteiger partial charge in [0, 0.05) is 27.7 Å². The number of aryl methyl sites for hydroxylation is 1. The molecule has 0 atom stereocenters. The van der Waals surface area contributed by atoms with Gasteiger partial charge in [-0.25, -0.2) is 8.42 Å². The van der Waals surface area contributed by atoms with Crippen LogP contribution in [0.3, 0.4) is 0 Å². The lowest BCUT2D eigenvalue weighted by Crippen LogP contribution is -2.35. The molecule has 2 aromatic heterocycles. The predicted molar refractivity (Wildman–Crippen MR) is 84.2 cm³/mol. The molecule has 20 heavy (non-hydrogen) atoms. The summed E-state index contributed by atoms with van der Waals surface area (Å²) in [5.74, 6) is 0.357. The topological polar surface area (TPSA) is 37.4 Å². The fraction of sp³-hybridized carbons (Fsp3) is 0.385. The maximum atomic E-state index is 12.8. The van der Waals surface area contributed by atoms with Crippen LogP contribution in [0.1, 0.15) is 20.2 Å². The summed E-state index contributed by atoms with van der Waals surface area (Å²) >= 11 is 8.97. The quantitative estimate of drug-likeness (QED) is 0.795. The molecule has 7 heteroatoms. The minimum Gasteiger partial charge on any atom is -0.207 e. The lowest BCUT2D eigenvalue weighted by molar-refractivity contribution is 0.394. The van der Waals surface area contributed by atoms with E-state index in [1.165, 1.54) is 16.2 Å². The zero-order valence-electron chi connectivity index (χ0n) is 10.9. The lowest BCUT2D eigenvalue weighted by Gasteiger charge is -2.26. The van der Waals surface area contributed by atoms with E-state index in [4.69, 9.17) is 11.6 Å². The summed E-state index contributed by atoms with van der Waals surface area (Å²) < 4.78 is 27.1. The molecule has 3 rings (SSSR count). The van der Waals surface area contributed by atoms with Crippen LogP contribution >= 0.6 is 34.3 Å². The molecule has 0 aromatic carbocycles. The van der Waals surface area contributed by atoms with E-state index in [0.717, 1.165) is 21.7 Å². The van der Waals surface area contributed by atoms with Crippen LogP contribution in [0.25, 0.3) is 0 Å². The van der Waals surface area contributed by atoms with Crippen molar-refractivity contribution in [2.24, 2.45) is 0 Å². The number of rotatable bonds is 3. The minimum absolute atomic E-state index is 0.357. The molecule has 3 heterocycles. The molecule has 0 N–H and O–H groups in total. The van der Waals surface area contributed by atoms with Crippen LogP contribution in [0.15, 0.2) is 22.4 Å². The third kappa shape index (κ3) is 2.44. The molecule has 108 valence electrons. The van der Waals surface area contributed by atoms with Crippen molar-refractivity contribution in [3.63, 3.8) is 0 Å². The van der Waals surface area contributed by atoms with Crippen molar-refractivity contribution in [3.05, 3.63) is 37.7 Å². The number of thiophene rings is 2. The summed E-state index contributed by atoms with van der Waals surface area (Å²) in [5.41, 5.74) is 1.13. The number of alkyl halides is 1. The smallest absolute Gasteiger partial charge is 0.207 e. The molecule has 0 saturated heterocycles. The Morgan fingerprint density at radius 3 is 2.95 bits per heavy atom. The normalized spacial score (nSPS) is 16.3. The van der Waals surface area contributed by atoms with Gasteiger partial charge in [-0.05, 0) is 36.4 Å². The molecule has 0 radical (unpaired) electrons. The van der Waals surface area contributed by atoms with Crippen LogP contribution in [0.2, 0.25) is 0 Å². The molecule has 0 fully saturated rings. The number of hydrogen-bond donors (Lipinski definition) is 0. The highest BCUT2D eigenvalue weighted by Gasteiger charge is 2.30. The van der Waals surface area contributed by atoms with Gasteiger partial charge < -0.3 is 0 Å². The van der Waals surface area contributed by atoms with Crippen LogP contribution in [0, 0.1) is 6.92 Å². The Balaban J connectivity index is 1.95. The Morgan fingerprint density at radius 2 is 2.25 bits per heavy atom. The lowest BCUT2D eigenvalue weighted by atomic mass is 10.1. The van der Waals surface area contributed by atoms with Crippen LogP contribution in [0.5, 0.6) is 0 Å². The predicted octanol–water partition coefficient (Wildman–Crippen LogP) is 3.60. The molecule has 1 aliphatic heterocycles. The second-order valence-corrected chi connectivity index (χ2v) is 9.24. The Kier molecular flexibility index (Phi) is 3.94. The van der Waals surface area contributed by atoms with Gasteiger partial charge >= 0.3 is 0 Å². The van der Waals surface area contributed by atoms with Gasteiger partial charge in [0.15, 0.2) is 0 Å². The molecule has 2 aromatic rings. The van der Waals surface area contributed by atoms with Crippen molar-refractivity contribution in [1.29, 1.82) is 0 Å². The van der Waals surface area contributed by atoms with Gasteiger partial charge in [-0.15, -0.1) is 34.3 Å². The minimum atomic E-state index is -3.41. The van der Waals surface area contributed by atoms with Gasteiger partial charge in [-0.3, -0.25) is 0 Å². The molecular formula is C13H14ClNO2S3. The third-order valence-corrected chi connectivity index (χ3v) is 8.07. The van der Waals surface area contributed by atoms with E-state index < -0.39 is 10.0 Å². The van der Waals surface area contributed by atoms with E-state index in [-0.39, 0.29) is 0 Å². The Bertz CT molecular complexity index is 733. The molecule has 0 aliphatic carbocycles. The number of sulfonamides is 1. The van der Waals surface area contributed by atoms with E-state index in [1.54, 1.807) is 21.7 Å². The Labute approximate surface area is 131 Å². The average Bonchev–Trinajstić information content (AvgIpc) is 3.03. The molecule has 3 nitrogen and oxygen atoms in total. The van der Waals surface area contributed by atoms with Gasteiger partial charge in [0.2, 0.25) is 10.0 Å². The molecule has 0 amide bonds. The number of fused-ring (bicyclic) bond motifs is 1. The fourth-order valence-electron chi connectivity index (χ4n) is 2.41. The van der Waals surface area contributed by atoms with Crippen LogP contribution in [-0.4, -0.2) is 19.3 Å². The van der Waals surface area contributed by atoms with Crippen LogP contribution in [-0.2, 0) is 28.9 Å². The van der Waals surface area contributed by atoms with Crippen molar-refractivity contribution >= 4 is 44.3 Å². The van der Waals surface area contributed by atoms with E-state index in [9.17, 15) is 8.42 Å². The van der Waals surface area contributed by atoms with Crippen molar-refractivity contribution in [2.45, 2.75) is 30.7 Å². The molecule has 0 saturated carbocycles. The van der Waals surface area contributed by atoms with Crippen molar-refractivity contribution in [2.75, 3.05) is 6.54 Å². The summed E-state index contributed by atoms with van der Waals surface area (Å²) in [6.45, 7) is 2.88. The van der Waals surface area contributed by atoms with Gasteiger partial charge in [-0.2, -0.15) is 4.31 Å². The van der Waals surface area contributed by atoms with Crippen LogP contribution < -0.4 is 0 Å². The first-order valence-corrected chi connectivity index (χ1v) is 9.90. The average molecular weight is 348 g/mol. The first kappa shape index (κ1) is 14.5. The Morgan fingerprint density at radius 1 is 1.45 bits per heavy atom. The summed E-state index contributed by atoms with van der Waals surface area (Å²) in [6.07, 6.45) is 0.803. The van der Waals surface area contributed by atoms with E-state index in [1.807, 2.05) is 18.4 Å². The number of hydrogen-bond acceptors (Lipinski definition) is 4. The molecule has 1 aliphatic rings. The van der Waals surface area contributed by atoms with Crippen LogP contribution in [0.4, 0.5) is 0 Å². The molecule has 0 spiro atoms. The SMILES string of the molecule is Cc1sc(CCl)cc1S(=O)(=O)N1CCc2sccc2C1. The van der Waals surface area contributed by atoms with Crippen molar-refractivity contribution < 1.29 is 8.42 Å². The highest BCUT2D eigenvalue weighted by molar-refractivity contribution is 7.89. The fourth-order valence-corrected chi connectivity index (χ4v) is 6.42. The summed E-state index contributed by atoms with van der Waals surface area (Å²) in [7, 11) is -3.41. The van der Waals surface area contributed by atoms with Gasteiger partial charge in [-0.1, -0.05) is 0 Å². The maximum Gasteiger partial charge on any atom is 0.244 e. The van der Waals surface area contributed by atoms with Gasteiger partial charge in [0.25, 0.3) is 0 Å². The van der Waals surface area contributed by atoms with E-state index in [2.05, 4.69) is 0 Å². The standard InChI is InChI=1S/C13H14ClNO2S3/c1-9-13(6-11(7-14)19-9)20(16,17)15-4-2-12-10(8-15)3-5-18-12/h3,5-6H,2,4,7-8H2,1H3. The number of nitrogens with zero attached hydrogens (tertiary/aromatic N) is 1. The molecule has 0 bridgehead atoms. The maximum absolute atomic E-state index is 12.8. The van der Waals surface area contributed by atoms with Crippen molar-refractivity contribution in [3.8, 4) is 0 Å². The zero-order valence-corrected chi connectivity index (χ0v) is 14.1. The summed E-state index contributed by atoms with van der Waals surface area (Å²) in [4.78, 5) is 3.43. The monoisotopic (exact) mass is 347 g/mol. The molecule has 0 unspecified atom stereocenters. The van der Waals surface area contributed by atoms with E-state index >= 15 is 0 Å². The highest BCUT2D eigenvalue weighted by Crippen LogP contribution is 2.32. The zero-order chi connectivity index (χ0) is 14.3. The Hall–Kier alpha value is -0.400. The second-order valence-electron chi connectivity index (χ2n) is 4.72. The van der Waals surface area contributed by atoms with Gasteiger partial charge in [0.1, 0.15) is 0 Å². The number of halogens is 1.